The minimum Gasteiger partial charge on any atom is -1.00 e. The van der Waals surface area contributed by atoms with Gasteiger partial charge in [-0.2, -0.15) is 0 Å². The molecule has 0 spiro atoms. The van der Waals surface area contributed by atoms with E-state index in [-0.39, 0.29) is 48.8 Å². The summed E-state index contributed by atoms with van der Waals surface area (Å²) in [6, 6.07) is 11.8. The number of benzene rings is 2. The average molecular weight is 696 g/mol. The third kappa shape index (κ3) is 8.78. The largest absolute Gasteiger partial charge is 1.00 e. The van der Waals surface area contributed by atoms with Crippen LogP contribution in [0.15, 0.2) is 36.4 Å². The number of carbonyl (C=O) groups is 2. The summed E-state index contributed by atoms with van der Waals surface area (Å²) in [7, 11) is 8.11. The van der Waals surface area contributed by atoms with Crippen LogP contribution in [0.3, 0.4) is 0 Å². The lowest BCUT2D eigenvalue weighted by Crippen LogP contribution is -3.00. The molecule has 2 aromatic carbocycles. The predicted molar refractivity (Wildman–Crippen MR) is 158 cm³/mol. The molecule has 10 heteroatoms. The lowest BCUT2D eigenvalue weighted by Gasteiger charge is -2.28. The van der Waals surface area contributed by atoms with E-state index < -0.39 is 11.0 Å². The molecule has 0 aliphatic heterocycles. The van der Waals surface area contributed by atoms with E-state index >= 15 is 0 Å². The number of carbonyl (C=O) groups excluding carboxylic acids is 2. The van der Waals surface area contributed by atoms with Crippen LogP contribution in [0.5, 0.6) is 11.5 Å². The van der Waals surface area contributed by atoms with Crippen molar-refractivity contribution in [2.75, 3.05) is 41.4 Å². The highest BCUT2D eigenvalue weighted by molar-refractivity contribution is 7.18. The molecule has 1 heterocycles. The van der Waals surface area contributed by atoms with Crippen molar-refractivity contribution >= 4 is 33.4 Å². The summed E-state index contributed by atoms with van der Waals surface area (Å²) in [5, 5.41) is 3.86. The minimum absolute atomic E-state index is 0. The zero-order valence-corrected chi connectivity index (χ0v) is 28.1. The summed E-state index contributed by atoms with van der Waals surface area (Å²) in [6.45, 7) is 7.38. The third-order valence-electron chi connectivity index (χ3n) is 6.91. The molecule has 1 aromatic heterocycles. The van der Waals surface area contributed by atoms with Gasteiger partial charge in [-0.3, -0.25) is 9.59 Å². The van der Waals surface area contributed by atoms with Gasteiger partial charge in [0.2, 0.25) is 5.91 Å². The Labute approximate surface area is 264 Å². The Bertz CT molecular complexity index is 1350. The van der Waals surface area contributed by atoms with Crippen LogP contribution < -0.4 is 38.8 Å². The average Bonchev–Trinajstić information content (AvgIpc) is 3.43. The van der Waals surface area contributed by atoms with Crippen LogP contribution in [0.2, 0.25) is 0 Å². The Morgan fingerprint density at radius 2 is 1.73 bits per heavy atom. The number of esters is 1. The molecule has 1 aliphatic rings. The molecule has 4 rings (SSSR count). The molecule has 8 nitrogen and oxygen atoms in total. The van der Waals surface area contributed by atoms with Crippen molar-refractivity contribution in [1.82, 2.24) is 10.3 Å². The van der Waals surface area contributed by atoms with Crippen LogP contribution >= 0.6 is 11.3 Å². The van der Waals surface area contributed by atoms with Gasteiger partial charge in [-0.15, -0.1) is 11.3 Å². The number of nitrogens with one attached hydrogen (secondary N) is 1. The molecular weight excluding hydrogens is 653 g/mol. The number of amides is 1. The van der Waals surface area contributed by atoms with E-state index in [0.29, 0.717) is 30.9 Å². The molecule has 1 N–H and O–H groups in total. The number of fused-ring (bicyclic) bond motifs is 2. The molecule has 0 saturated carbocycles. The van der Waals surface area contributed by atoms with E-state index in [1.165, 1.54) is 11.3 Å². The van der Waals surface area contributed by atoms with Crippen molar-refractivity contribution in [3.63, 3.8) is 0 Å². The van der Waals surface area contributed by atoms with Gasteiger partial charge in [0.1, 0.15) is 10.6 Å². The molecule has 3 aromatic rings. The smallest absolute Gasteiger partial charge is 0.307 e. The lowest BCUT2D eigenvalue weighted by atomic mass is 9.80. The maximum atomic E-state index is 13.7. The van der Waals surface area contributed by atoms with Crippen LogP contribution in [0.25, 0.3) is 10.2 Å². The second kappa shape index (κ2) is 13.2. The second-order valence-electron chi connectivity index (χ2n) is 12.6. The van der Waals surface area contributed by atoms with Gasteiger partial charge in [-0.25, -0.2) is 4.98 Å². The predicted octanol–water partition coefficient (Wildman–Crippen LogP) is 1.92. The van der Waals surface area contributed by atoms with Crippen molar-refractivity contribution in [3.8, 4) is 11.5 Å². The molecule has 0 bridgehead atoms. The topological polar surface area (TPSA) is 86.8 Å². The summed E-state index contributed by atoms with van der Waals surface area (Å²) in [6.07, 6.45) is 1.95. The quantitative estimate of drug-likeness (QED) is 0.143. The van der Waals surface area contributed by atoms with Crippen LogP contribution in [0, 0.1) is 5.41 Å². The fourth-order valence-electron chi connectivity index (χ4n) is 5.11. The van der Waals surface area contributed by atoms with Crippen molar-refractivity contribution < 1.29 is 52.3 Å². The summed E-state index contributed by atoms with van der Waals surface area (Å²) in [4.78, 5) is 31.3. The number of rotatable bonds is 11. The zero-order chi connectivity index (χ0) is 29.1. The first-order valence-corrected chi connectivity index (χ1v) is 14.6. The van der Waals surface area contributed by atoms with E-state index in [4.69, 9.17) is 19.2 Å². The van der Waals surface area contributed by atoms with Gasteiger partial charge in [0, 0.05) is 18.6 Å². The summed E-state index contributed by atoms with van der Waals surface area (Å²) >= 11 is 1.50. The van der Waals surface area contributed by atoms with E-state index in [1.54, 1.807) is 7.11 Å². The first-order valence-electron chi connectivity index (χ1n) is 13.7. The highest BCUT2D eigenvalue weighted by Crippen LogP contribution is 2.41. The molecule has 0 radical (unpaired) electrons. The molecular formula is C31H42IN3O5S. The number of methoxy groups -OCH3 is 1. The fraction of sp³-hybridized carbons (Fsp3) is 0.516. The highest BCUT2D eigenvalue weighted by atomic mass is 127. The molecule has 1 amide bonds. The van der Waals surface area contributed by atoms with Crippen molar-refractivity contribution in [2.24, 2.45) is 5.41 Å². The fourth-order valence-corrected chi connectivity index (χ4v) is 6.03. The molecule has 1 aliphatic carbocycles. The normalized spacial score (nSPS) is 14.2. The number of aromatic nitrogens is 1. The maximum Gasteiger partial charge on any atom is 0.307 e. The molecule has 0 unspecified atom stereocenters. The Balaban J connectivity index is 0.00000462. The minimum atomic E-state index is -0.890. The van der Waals surface area contributed by atoms with Gasteiger partial charge in [-0.05, 0) is 44.7 Å². The number of halogens is 1. The third-order valence-corrected chi connectivity index (χ3v) is 7.93. The van der Waals surface area contributed by atoms with Gasteiger partial charge < -0.3 is 48.0 Å². The second-order valence-corrected chi connectivity index (χ2v) is 13.8. The van der Waals surface area contributed by atoms with E-state index in [9.17, 15) is 9.59 Å². The zero-order valence-electron chi connectivity index (χ0n) is 25.1. The molecule has 41 heavy (non-hydrogen) atoms. The molecule has 0 fully saturated rings. The van der Waals surface area contributed by atoms with Crippen LogP contribution in [-0.4, -0.2) is 68.3 Å². The Kier molecular flexibility index (Phi) is 10.7. The van der Waals surface area contributed by atoms with Gasteiger partial charge >= 0.3 is 5.97 Å². The number of quaternary nitrogens is 1. The standard InChI is InChI=1S/C31H41N3O5S.HI/c1-30(2,3)39-28(35)19-31(17-21-11-8-9-12-22(21)18-31)29(36)32-20-27-33-23-15-25(24(37-7)16-26(23)40-27)38-14-10-13-34(4,5)6;/h8-9,11-12,15-16H,10,13-14,17-20H2,1-7H3;1H. The highest BCUT2D eigenvalue weighted by Gasteiger charge is 2.46. The Morgan fingerprint density at radius 1 is 1.07 bits per heavy atom. The molecule has 224 valence electrons. The number of hydrogen-bond acceptors (Lipinski definition) is 7. The SMILES string of the molecule is COc1cc2sc(CNC(=O)C3(CC(=O)OC(C)(C)C)Cc4ccccc4C3)nc2cc1OCCC[N+](C)(C)C.[I-]. The summed E-state index contributed by atoms with van der Waals surface area (Å²) in [5.41, 5.74) is 1.49. The van der Waals surface area contributed by atoms with Crippen LogP contribution in [-0.2, 0) is 33.7 Å². The van der Waals surface area contributed by atoms with Gasteiger partial charge in [0.15, 0.2) is 11.5 Å². The number of ether oxygens (including phenoxy) is 3. The number of thiazole rings is 1. The van der Waals surface area contributed by atoms with E-state index in [1.807, 2.05) is 57.2 Å². The van der Waals surface area contributed by atoms with Crippen molar-refractivity contribution in [2.45, 2.75) is 58.6 Å². The first kappa shape index (κ1) is 33.1. The van der Waals surface area contributed by atoms with Crippen LogP contribution in [0.1, 0.15) is 49.7 Å². The maximum absolute atomic E-state index is 13.7. The molecule has 0 atom stereocenters. The number of nitrogens with zero attached hydrogens (tertiary/aromatic N) is 2. The van der Waals surface area contributed by atoms with Crippen molar-refractivity contribution in [3.05, 3.63) is 52.5 Å². The number of hydrogen-bond donors (Lipinski definition) is 1. The lowest BCUT2D eigenvalue weighted by molar-refractivity contribution is -0.870. The first-order chi connectivity index (χ1) is 18.8. The summed E-state index contributed by atoms with van der Waals surface area (Å²) < 4.78 is 19.1. The van der Waals surface area contributed by atoms with E-state index in [2.05, 4.69) is 26.5 Å². The molecule has 0 saturated heterocycles. The Morgan fingerprint density at radius 3 is 2.32 bits per heavy atom. The van der Waals surface area contributed by atoms with Gasteiger partial charge in [-0.1, -0.05) is 24.3 Å². The van der Waals surface area contributed by atoms with Gasteiger partial charge in [0.25, 0.3) is 0 Å². The van der Waals surface area contributed by atoms with Crippen LogP contribution in [0.4, 0.5) is 0 Å². The van der Waals surface area contributed by atoms with Gasteiger partial charge in [0.05, 0.1) is 70.0 Å². The summed E-state index contributed by atoms with van der Waals surface area (Å²) in [5.74, 6) is 0.804. The Hall–Kier alpha value is -2.44. The van der Waals surface area contributed by atoms with E-state index in [0.717, 1.165) is 43.8 Å². The monoisotopic (exact) mass is 695 g/mol. The van der Waals surface area contributed by atoms with Crippen molar-refractivity contribution in [1.29, 1.82) is 0 Å².